The van der Waals surface area contributed by atoms with Crippen LogP contribution in [0.5, 0.6) is 0 Å². The number of piperidine rings is 1. The zero-order valence-electron chi connectivity index (χ0n) is 13.6. The summed E-state index contributed by atoms with van der Waals surface area (Å²) in [6.07, 6.45) is 2.07. The molecule has 1 N–H and O–H groups in total. The van der Waals surface area contributed by atoms with E-state index in [1.165, 1.54) is 15.6 Å². The third-order valence-corrected chi connectivity index (χ3v) is 7.35. The number of carbonyl (C=O) groups is 1. The summed E-state index contributed by atoms with van der Waals surface area (Å²) in [6, 6.07) is 5.75. The highest BCUT2D eigenvalue weighted by molar-refractivity contribution is 9.10. The number of amides is 1. The number of halogens is 1. The summed E-state index contributed by atoms with van der Waals surface area (Å²) in [5.41, 5.74) is 0.822. The Kier molecular flexibility index (Phi) is 5.57. The van der Waals surface area contributed by atoms with Gasteiger partial charge in [-0.15, -0.1) is 11.3 Å². The zero-order valence-corrected chi connectivity index (χ0v) is 16.8. The quantitative estimate of drug-likeness (QED) is 0.784. The number of nitrogens with one attached hydrogen (secondary N) is 1. The van der Waals surface area contributed by atoms with Gasteiger partial charge in [0.1, 0.15) is 6.04 Å². The molecule has 9 heteroatoms. The van der Waals surface area contributed by atoms with E-state index in [1.54, 1.807) is 24.3 Å². The Morgan fingerprint density at radius 1 is 1.32 bits per heavy atom. The molecule has 25 heavy (non-hydrogen) atoms. The molecule has 1 aromatic carbocycles. The minimum atomic E-state index is -3.73. The highest BCUT2D eigenvalue weighted by atomic mass is 79.9. The molecule has 0 saturated carbocycles. The Morgan fingerprint density at radius 2 is 2.04 bits per heavy atom. The molecule has 1 amide bonds. The highest BCUT2D eigenvalue weighted by Crippen LogP contribution is 2.27. The van der Waals surface area contributed by atoms with Crippen molar-refractivity contribution in [3.05, 3.63) is 39.8 Å². The van der Waals surface area contributed by atoms with Gasteiger partial charge in [0.05, 0.1) is 10.6 Å². The second-order valence-electron chi connectivity index (χ2n) is 5.86. The highest BCUT2D eigenvalue weighted by Gasteiger charge is 2.37. The first kappa shape index (κ1) is 18.5. The molecule has 1 aliphatic rings. The number of anilines is 1. The van der Waals surface area contributed by atoms with Crippen molar-refractivity contribution in [2.75, 3.05) is 11.9 Å². The summed E-state index contributed by atoms with van der Waals surface area (Å²) in [5, 5.41) is 5.08. The van der Waals surface area contributed by atoms with Gasteiger partial charge in [-0.25, -0.2) is 13.4 Å². The van der Waals surface area contributed by atoms with Crippen LogP contribution in [0.15, 0.2) is 39.0 Å². The fourth-order valence-electron chi connectivity index (χ4n) is 2.80. The van der Waals surface area contributed by atoms with Gasteiger partial charge >= 0.3 is 0 Å². The Hall–Kier alpha value is -1.29. The summed E-state index contributed by atoms with van der Waals surface area (Å²) in [4.78, 5) is 17.1. The van der Waals surface area contributed by atoms with Crippen molar-refractivity contribution in [1.82, 2.24) is 9.29 Å². The van der Waals surface area contributed by atoms with Crippen molar-refractivity contribution in [2.24, 2.45) is 0 Å². The van der Waals surface area contributed by atoms with Gasteiger partial charge in [0.25, 0.3) is 0 Å². The van der Waals surface area contributed by atoms with Crippen LogP contribution < -0.4 is 5.32 Å². The van der Waals surface area contributed by atoms with Crippen molar-refractivity contribution < 1.29 is 13.2 Å². The monoisotopic (exact) mass is 443 g/mol. The smallest absolute Gasteiger partial charge is 0.244 e. The fourth-order valence-corrected chi connectivity index (χ4v) is 5.41. The normalized spacial score (nSPS) is 18.9. The molecule has 1 aliphatic heterocycles. The maximum atomic E-state index is 13.0. The van der Waals surface area contributed by atoms with Crippen LogP contribution in [0.1, 0.15) is 25.0 Å². The summed E-state index contributed by atoms with van der Waals surface area (Å²) in [6.45, 7) is 2.18. The molecule has 1 atom stereocenters. The Labute approximate surface area is 159 Å². The average Bonchev–Trinajstić information content (AvgIpc) is 3.00. The van der Waals surface area contributed by atoms with Crippen molar-refractivity contribution in [2.45, 2.75) is 37.1 Å². The fraction of sp³-hybridized carbons (Fsp3) is 0.375. The SMILES string of the molecule is Cc1csc(NC(=O)[C@@H]2CCCCN2S(=O)(=O)c2ccc(Br)cc2)n1. The second kappa shape index (κ2) is 7.53. The van der Waals surface area contributed by atoms with Crippen LogP contribution >= 0.6 is 27.3 Å². The topological polar surface area (TPSA) is 79.4 Å². The molecule has 2 aromatic rings. The standard InChI is InChI=1S/C16H18BrN3O3S2/c1-11-10-24-16(18-11)19-15(21)14-4-2-3-9-20(14)25(22,23)13-7-5-12(17)6-8-13/h5-8,10,14H,2-4,9H2,1H3,(H,18,19,21)/t14-/m0/s1. The van der Waals surface area contributed by atoms with Gasteiger partial charge in [-0.3, -0.25) is 4.79 Å². The summed E-state index contributed by atoms with van der Waals surface area (Å²) >= 11 is 4.64. The zero-order chi connectivity index (χ0) is 18.0. The predicted octanol–water partition coefficient (Wildman–Crippen LogP) is 3.40. The minimum absolute atomic E-state index is 0.195. The van der Waals surface area contributed by atoms with Gasteiger partial charge in [0.2, 0.25) is 15.9 Å². The first-order valence-electron chi connectivity index (χ1n) is 7.88. The molecule has 3 rings (SSSR count). The average molecular weight is 444 g/mol. The minimum Gasteiger partial charge on any atom is -0.301 e. The summed E-state index contributed by atoms with van der Waals surface area (Å²) in [5.74, 6) is -0.324. The maximum absolute atomic E-state index is 13.0. The van der Waals surface area contributed by atoms with Crippen LogP contribution in [0.4, 0.5) is 5.13 Å². The number of hydrogen-bond donors (Lipinski definition) is 1. The number of thiazole rings is 1. The van der Waals surface area contributed by atoms with Gasteiger partial charge in [0, 0.05) is 16.4 Å². The first-order valence-corrected chi connectivity index (χ1v) is 11.0. The van der Waals surface area contributed by atoms with E-state index in [4.69, 9.17) is 0 Å². The van der Waals surface area contributed by atoms with E-state index in [-0.39, 0.29) is 10.8 Å². The molecule has 1 aromatic heterocycles. The van der Waals surface area contributed by atoms with E-state index in [9.17, 15) is 13.2 Å². The van der Waals surface area contributed by atoms with E-state index in [0.717, 1.165) is 23.0 Å². The number of aromatic nitrogens is 1. The van der Waals surface area contributed by atoms with Crippen LogP contribution in [0.2, 0.25) is 0 Å². The van der Waals surface area contributed by atoms with E-state index in [1.807, 2.05) is 12.3 Å². The maximum Gasteiger partial charge on any atom is 0.244 e. The molecule has 6 nitrogen and oxygen atoms in total. The van der Waals surface area contributed by atoms with E-state index in [0.29, 0.717) is 18.1 Å². The van der Waals surface area contributed by atoms with Gasteiger partial charge < -0.3 is 5.32 Å². The number of rotatable bonds is 4. The molecule has 2 heterocycles. The number of nitrogens with zero attached hydrogens (tertiary/aromatic N) is 2. The van der Waals surface area contributed by atoms with Crippen molar-refractivity contribution in [3.63, 3.8) is 0 Å². The Balaban J connectivity index is 1.84. The lowest BCUT2D eigenvalue weighted by atomic mass is 10.0. The second-order valence-corrected chi connectivity index (χ2v) is 9.53. The number of benzene rings is 1. The molecule has 0 aliphatic carbocycles. The number of hydrogen-bond acceptors (Lipinski definition) is 5. The van der Waals surface area contributed by atoms with Crippen molar-refractivity contribution in [3.8, 4) is 0 Å². The largest absolute Gasteiger partial charge is 0.301 e. The Morgan fingerprint density at radius 3 is 2.68 bits per heavy atom. The lowest BCUT2D eigenvalue weighted by molar-refractivity contribution is -0.120. The van der Waals surface area contributed by atoms with E-state index >= 15 is 0 Å². The van der Waals surface area contributed by atoms with Crippen LogP contribution in [0.25, 0.3) is 0 Å². The summed E-state index contributed by atoms with van der Waals surface area (Å²) < 4.78 is 28.1. The lowest BCUT2D eigenvalue weighted by Crippen LogP contribution is -2.49. The van der Waals surface area contributed by atoms with Crippen LogP contribution in [-0.4, -0.2) is 36.2 Å². The third kappa shape index (κ3) is 4.11. The molecular weight excluding hydrogens is 426 g/mol. The van der Waals surface area contributed by atoms with Crippen molar-refractivity contribution >= 4 is 48.3 Å². The van der Waals surface area contributed by atoms with Gasteiger partial charge in [-0.2, -0.15) is 4.31 Å². The van der Waals surface area contributed by atoms with E-state index < -0.39 is 16.1 Å². The Bertz CT molecular complexity index is 865. The lowest BCUT2D eigenvalue weighted by Gasteiger charge is -2.33. The van der Waals surface area contributed by atoms with Crippen LogP contribution in [0.3, 0.4) is 0 Å². The number of carbonyl (C=O) groups excluding carboxylic acids is 1. The van der Waals surface area contributed by atoms with E-state index in [2.05, 4.69) is 26.2 Å². The molecule has 0 radical (unpaired) electrons. The van der Waals surface area contributed by atoms with Gasteiger partial charge in [-0.05, 0) is 44.0 Å². The molecular formula is C16H18BrN3O3S2. The van der Waals surface area contributed by atoms with Gasteiger partial charge in [0.15, 0.2) is 5.13 Å². The molecule has 134 valence electrons. The molecule has 0 bridgehead atoms. The predicted molar refractivity (Wildman–Crippen MR) is 101 cm³/mol. The van der Waals surface area contributed by atoms with Crippen molar-refractivity contribution in [1.29, 1.82) is 0 Å². The molecule has 1 fully saturated rings. The molecule has 0 spiro atoms. The molecule has 1 saturated heterocycles. The van der Waals surface area contributed by atoms with Crippen LogP contribution in [-0.2, 0) is 14.8 Å². The van der Waals surface area contributed by atoms with Crippen LogP contribution in [0, 0.1) is 6.92 Å². The summed E-state index contributed by atoms with van der Waals surface area (Å²) in [7, 11) is -3.73. The van der Waals surface area contributed by atoms with Gasteiger partial charge in [-0.1, -0.05) is 22.4 Å². The first-order chi connectivity index (χ1) is 11.9. The number of aryl methyl sites for hydroxylation is 1. The number of sulfonamides is 1. The molecule has 0 unspecified atom stereocenters. The third-order valence-electron chi connectivity index (χ3n) is 4.03.